The van der Waals surface area contributed by atoms with Crippen molar-refractivity contribution in [2.45, 2.75) is 26.8 Å². The number of nitrogens with one attached hydrogen (secondary N) is 2. The molecular weight excluding hydrogens is 354 g/mol. The number of hydrogen-bond donors (Lipinski definition) is 2. The minimum Gasteiger partial charge on any atom is -0.370 e. The zero-order valence-electron chi connectivity index (χ0n) is 16.0. The van der Waals surface area contributed by atoms with Gasteiger partial charge >= 0.3 is 0 Å². The number of anilines is 1. The van der Waals surface area contributed by atoms with E-state index in [1.807, 2.05) is 19.9 Å². The van der Waals surface area contributed by atoms with Gasteiger partial charge in [0.1, 0.15) is 19.1 Å². The summed E-state index contributed by atoms with van der Waals surface area (Å²) in [6, 6.07) is 4.73. The van der Waals surface area contributed by atoms with Crippen molar-refractivity contribution in [3.05, 3.63) is 29.3 Å². The topological polar surface area (TPSA) is 80.2 Å². The van der Waals surface area contributed by atoms with Crippen molar-refractivity contribution >= 4 is 21.6 Å². The van der Waals surface area contributed by atoms with E-state index in [1.54, 1.807) is 19.1 Å². The second-order valence-electron chi connectivity index (χ2n) is 6.98. The molecule has 2 N–H and O–H groups in total. The van der Waals surface area contributed by atoms with Crippen molar-refractivity contribution in [3.8, 4) is 0 Å². The van der Waals surface area contributed by atoms with E-state index in [-0.39, 0.29) is 5.91 Å². The molecule has 2 rings (SSSR count). The van der Waals surface area contributed by atoms with E-state index in [0.29, 0.717) is 12.2 Å². The third kappa shape index (κ3) is 5.69. The lowest BCUT2D eigenvalue weighted by atomic mass is 10.1. The summed E-state index contributed by atoms with van der Waals surface area (Å²) in [4.78, 5) is 14.0. The second kappa shape index (κ2) is 8.83. The van der Waals surface area contributed by atoms with Crippen LogP contribution in [-0.2, 0) is 19.6 Å². The summed E-state index contributed by atoms with van der Waals surface area (Å²) < 4.78 is 31.2. The number of amides is 1. The molecule has 1 amide bonds. The quantitative estimate of drug-likeness (QED) is 0.664. The van der Waals surface area contributed by atoms with Crippen LogP contribution in [0.15, 0.2) is 18.2 Å². The largest absolute Gasteiger partial charge is 0.370 e. The van der Waals surface area contributed by atoms with Crippen molar-refractivity contribution in [3.63, 3.8) is 0 Å². The van der Waals surface area contributed by atoms with E-state index in [2.05, 4.69) is 5.32 Å². The molecule has 1 aliphatic heterocycles. The van der Waals surface area contributed by atoms with Crippen LogP contribution in [0, 0.1) is 13.8 Å². The first-order valence-electron chi connectivity index (χ1n) is 8.95. The van der Waals surface area contributed by atoms with Crippen LogP contribution < -0.4 is 14.5 Å². The number of aryl methyl sites for hydroxylation is 2. The Morgan fingerprint density at radius 1 is 1.23 bits per heavy atom. The van der Waals surface area contributed by atoms with Gasteiger partial charge in [-0.3, -0.25) is 9.10 Å². The highest BCUT2D eigenvalue weighted by Gasteiger charge is 2.29. The lowest BCUT2D eigenvalue weighted by Gasteiger charge is -2.29. The highest BCUT2D eigenvalue weighted by molar-refractivity contribution is 7.92. The Kier molecular flexibility index (Phi) is 7.02. The van der Waals surface area contributed by atoms with Gasteiger partial charge in [0, 0.05) is 0 Å². The number of carbonyl (C=O) groups excluding carboxylic acids is 1. The molecular formula is C18H30N3O4S+. The highest BCUT2D eigenvalue weighted by atomic mass is 32.2. The molecule has 0 radical (unpaired) electrons. The van der Waals surface area contributed by atoms with Gasteiger partial charge in [-0.15, -0.1) is 0 Å². The van der Waals surface area contributed by atoms with Gasteiger partial charge in [-0.25, -0.2) is 8.42 Å². The van der Waals surface area contributed by atoms with Gasteiger partial charge in [-0.1, -0.05) is 6.07 Å². The number of nitrogens with zero attached hydrogens (tertiary/aromatic N) is 1. The standard InChI is InChI=1S/C18H29N3O4S/c1-14-11-15(2)13-17(12-14)21(26(4,23)24)16(3)18(22)19-5-6-20-7-9-25-10-8-20/h11-13,16H,5-10H2,1-4H3,(H,19,22)/p+1/t16-/m1/s1. The number of benzene rings is 1. The molecule has 7 nitrogen and oxygen atoms in total. The Morgan fingerprint density at radius 3 is 2.35 bits per heavy atom. The van der Waals surface area contributed by atoms with Gasteiger partial charge in [0.25, 0.3) is 0 Å². The molecule has 1 aliphatic rings. The van der Waals surface area contributed by atoms with Crippen molar-refractivity contribution in [2.24, 2.45) is 0 Å². The molecule has 0 bridgehead atoms. The summed E-state index contributed by atoms with van der Waals surface area (Å²) >= 11 is 0. The van der Waals surface area contributed by atoms with Crippen LogP contribution in [0.5, 0.6) is 0 Å². The maximum absolute atomic E-state index is 12.6. The molecule has 0 saturated carbocycles. The number of ether oxygens (including phenoxy) is 1. The summed E-state index contributed by atoms with van der Waals surface area (Å²) in [5.74, 6) is -0.290. The summed E-state index contributed by atoms with van der Waals surface area (Å²) in [6.07, 6.45) is 1.13. The van der Waals surface area contributed by atoms with E-state index in [0.717, 1.165) is 50.2 Å². The zero-order valence-corrected chi connectivity index (χ0v) is 16.9. The van der Waals surface area contributed by atoms with Crippen LogP contribution >= 0.6 is 0 Å². The third-order valence-electron chi connectivity index (χ3n) is 4.53. The van der Waals surface area contributed by atoms with Crippen molar-refractivity contribution in [1.29, 1.82) is 0 Å². The Morgan fingerprint density at radius 2 is 1.81 bits per heavy atom. The zero-order chi connectivity index (χ0) is 19.3. The van der Waals surface area contributed by atoms with E-state index in [9.17, 15) is 13.2 Å². The number of sulfonamides is 1. The Labute approximate surface area is 156 Å². The fourth-order valence-electron chi connectivity index (χ4n) is 3.31. The summed E-state index contributed by atoms with van der Waals surface area (Å²) in [7, 11) is -3.59. The molecule has 1 aromatic rings. The summed E-state index contributed by atoms with van der Waals surface area (Å²) in [5, 5.41) is 2.87. The van der Waals surface area contributed by atoms with Gasteiger partial charge in [0.15, 0.2) is 0 Å². The van der Waals surface area contributed by atoms with Crippen LogP contribution in [0.1, 0.15) is 18.1 Å². The SMILES string of the molecule is Cc1cc(C)cc(N([C@H](C)C(=O)NCC[NH+]2CCOCC2)S(C)(=O)=O)c1. The van der Waals surface area contributed by atoms with Crippen molar-refractivity contribution in [1.82, 2.24) is 5.32 Å². The van der Waals surface area contributed by atoms with Crippen LogP contribution in [0.25, 0.3) is 0 Å². The number of carbonyl (C=O) groups is 1. The minimum atomic E-state index is -3.59. The predicted molar refractivity (Wildman–Crippen MR) is 102 cm³/mol. The molecule has 1 fully saturated rings. The fraction of sp³-hybridized carbons (Fsp3) is 0.611. The first kappa shape index (κ1) is 20.7. The van der Waals surface area contributed by atoms with Gasteiger partial charge in [0.2, 0.25) is 15.9 Å². The normalized spacial score (nSPS) is 16.9. The van der Waals surface area contributed by atoms with Gasteiger partial charge in [-0.2, -0.15) is 0 Å². The monoisotopic (exact) mass is 384 g/mol. The number of morpholine rings is 1. The molecule has 8 heteroatoms. The van der Waals surface area contributed by atoms with Crippen molar-refractivity contribution in [2.75, 3.05) is 50.0 Å². The highest BCUT2D eigenvalue weighted by Crippen LogP contribution is 2.23. The first-order valence-corrected chi connectivity index (χ1v) is 10.8. The average molecular weight is 385 g/mol. The Balaban J connectivity index is 2.06. The van der Waals surface area contributed by atoms with Crippen LogP contribution in [-0.4, -0.2) is 66.0 Å². The van der Waals surface area contributed by atoms with Crippen LogP contribution in [0.3, 0.4) is 0 Å². The van der Waals surface area contributed by atoms with Crippen molar-refractivity contribution < 1.29 is 22.8 Å². The molecule has 0 aliphatic carbocycles. The molecule has 0 spiro atoms. The summed E-state index contributed by atoms with van der Waals surface area (Å²) in [5.41, 5.74) is 2.43. The maximum Gasteiger partial charge on any atom is 0.243 e. The van der Waals surface area contributed by atoms with E-state index in [4.69, 9.17) is 4.74 Å². The number of hydrogen-bond acceptors (Lipinski definition) is 4. The molecule has 0 unspecified atom stereocenters. The van der Waals surface area contributed by atoms with Crippen LogP contribution in [0.2, 0.25) is 0 Å². The average Bonchev–Trinajstić information content (AvgIpc) is 2.53. The maximum atomic E-state index is 12.6. The molecule has 0 aromatic heterocycles. The van der Waals surface area contributed by atoms with Crippen LogP contribution in [0.4, 0.5) is 5.69 Å². The Bertz CT molecular complexity index is 710. The molecule has 146 valence electrons. The van der Waals surface area contributed by atoms with E-state index in [1.165, 1.54) is 9.21 Å². The molecule has 26 heavy (non-hydrogen) atoms. The number of quaternary nitrogens is 1. The van der Waals surface area contributed by atoms with E-state index < -0.39 is 16.1 Å². The molecule has 1 saturated heterocycles. The summed E-state index contributed by atoms with van der Waals surface area (Å²) in [6.45, 7) is 10.1. The van der Waals surface area contributed by atoms with Gasteiger partial charge in [-0.05, 0) is 44.0 Å². The molecule has 1 atom stereocenters. The predicted octanol–water partition coefficient (Wildman–Crippen LogP) is -0.511. The smallest absolute Gasteiger partial charge is 0.243 e. The first-order chi connectivity index (χ1) is 12.2. The number of rotatable bonds is 7. The molecule has 1 heterocycles. The van der Waals surface area contributed by atoms with Gasteiger partial charge in [0.05, 0.1) is 38.2 Å². The lowest BCUT2D eigenvalue weighted by Crippen LogP contribution is -3.14. The lowest BCUT2D eigenvalue weighted by molar-refractivity contribution is -0.906. The second-order valence-corrected chi connectivity index (χ2v) is 8.84. The Hall–Kier alpha value is -1.64. The van der Waals surface area contributed by atoms with Gasteiger partial charge < -0.3 is 15.0 Å². The van der Waals surface area contributed by atoms with E-state index >= 15 is 0 Å². The third-order valence-corrected chi connectivity index (χ3v) is 5.77. The fourth-order valence-corrected chi connectivity index (χ4v) is 4.47. The molecule has 1 aromatic carbocycles. The minimum absolute atomic E-state index is 0.290.